The Balaban J connectivity index is 1.96. The van der Waals surface area contributed by atoms with Crippen LogP contribution in [0.3, 0.4) is 0 Å². The Kier molecular flexibility index (Phi) is 14.2. The molecular formula is C32H48O4. The molecule has 0 aliphatic carbocycles. The molecule has 0 heterocycles. The second-order valence-electron chi connectivity index (χ2n) is 9.99. The molecule has 2 aromatic carbocycles. The molecule has 2 rings (SSSR count). The number of ether oxygens (including phenoxy) is 2. The van der Waals surface area contributed by atoms with Gasteiger partial charge in [-0.25, -0.2) is 0 Å². The number of rotatable bonds is 19. The molecule has 0 aliphatic heterocycles. The van der Waals surface area contributed by atoms with Crippen LogP contribution in [0.5, 0.6) is 0 Å². The molecule has 0 spiro atoms. The van der Waals surface area contributed by atoms with Crippen molar-refractivity contribution >= 4 is 22.7 Å². The lowest BCUT2D eigenvalue weighted by Crippen LogP contribution is -2.42. The number of benzene rings is 2. The third kappa shape index (κ3) is 9.59. The Morgan fingerprint density at radius 3 is 1.75 bits per heavy atom. The summed E-state index contributed by atoms with van der Waals surface area (Å²) in [5.41, 5.74) is 0.0116. The summed E-state index contributed by atoms with van der Waals surface area (Å²) in [6.07, 6.45) is 14.6. The van der Waals surface area contributed by atoms with Crippen molar-refractivity contribution in [3.05, 3.63) is 48.0 Å². The second-order valence-corrected chi connectivity index (χ2v) is 9.99. The molecule has 36 heavy (non-hydrogen) atoms. The fraction of sp³-hybridized carbons (Fsp3) is 0.625. The lowest BCUT2D eigenvalue weighted by Gasteiger charge is -2.29. The zero-order valence-corrected chi connectivity index (χ0v) is 23.0. The number of hydrogen-bond donors (Lipinski definition) is 0. The van der Waals surface area contributed by atoms with Crippen LogP contribution in [0.2, 0.25) is 0 Å². The van der Waals surface area contributed by atoms with Gasteiger partial charge in [-0.15, -0.1) is 0 Å². The third-order valence-corrected chi connectivity index (χ3v) is 7.17. The van der Waals surface area contributed by atoms with Crippen LogP contribution >= 0.6 is 0 Å². The molecular weight excluding hydrogens is 448 g/mol. The number of unbranched alkanes of at least 4 members (excludes halogenated alkanes) is 9. The number of hydrogen-bond acceptors (Lipinski definition) is 4. The molecule has 0 saturated carbocycles. The van der Waals surface area contributed by atoms with Gasteiger partial charge in [-0.2, -0.15) is 0 Å². The Hall–Kier alpha value is -2.36. The Labute approximate surface area is 219 Å². The van der Waals surface area contributed by atoms with E-state index in [2.05, 4.69) is 37.3 Å². The molecule has 0 bridgehead atoms. The molecule has 0 aliphatic rings. The van der Waals surface area contributed by atoms with Crippen molar-refractivity contribution in [2.45, 2.75) is 111 Å². The quantitative estimate of drug-likeness (QED) is 0.111. The SMILES string of the molecule is CCCCCCCCCCCCC(CCCc1ccc2ccccc2c1)(C(=O)OCC)C(=O)OCC. The van der Waals surface area contributed by atoms with Gasteiger partial charge in [0.25, 0.3) is 0 Å². The number of aryl methyl sites for hydroxylation is 1. The summed E-state index contributed by atoms with van der Waals surface area (Å²) in [5, 5.41) is 2.43. The average Bonchev–Trinajstić information content (AvgIpc) is 2.89. The van der Waals surface area contributed by atoms with Crippen molar-refractivity contribution in [3.63, 3.8) is 0 Å². The molecule has 2 aromatic rings. The van der Waals surface area contributed by atoms with Crippen LogP contribution in [0.1, 0.15) is 110 Å². The Morgan fingerprint density at radius 1 is 0.639 bits per heavy atom. The van der Waals surface area contributed by atoms with Gasteiger partial charge < -0.3 is 9.47 Å². The second kappa shape index (κ2) is 17.2. The lowest BCUT2D eigenvalue weighted by atomic mass is 9.77. The van der Waals surface area contributed by atoms with Crippen molar-refractivity contribution < 1.29 is 19.1 Å². The van der Waals surface area contributed by atoms with E-state index in [0.29, 0.717) is 12.8 Å². The highest BCUT2D eigenvalue weighted by Gasteiger charge is 2.47. The molecule has 0 unspecified atom stereocenters. The molecule has 0 N–H and O–H groups in total. The smallest absolute Gasteiger partial charge is 0.323 e. The van der Waals surface area contributed by atoms with E-state index in [1.165, 1.54) is 61.3 Å². The highest BCUT2D eigenvalue weighted by molar-refractivity contribution is 6.00. The van der Waals surface area contributed by atoms with Crippen molar-refractivity contribution in [3.8, 4) is 0 Å². The van der Waals surface area contributed by atoms with Crippen molar-refractivity contribution in [1.29, 1.82) is 0 Å². The summed E-state index contributed by atoms with van der Waals surface area (Å²) in [6.45, 7) is 6.37. The molecule has 0 amide bonds. The highest BCUT2D eigenvalue weighted by Crippen LogP contribution is 2.35. The minimum Gasteiger partial charge on any atom is -0.465 e. The first-order valence-electron chi connectivity index (χ1n) is 14.4. The van der Waals surface area contributed by atoms with E-state index in [0.717, 1.165) is 32.1 Å². The molecule has 0 radical (unpaired) electrons. The summed E-state index contributed by atoms with van der Waals surface area (Å²) in [5.74, 6) is -0.837. The first-order valence-corrected chi connectivity index (χ1v) is 14.4. The zero-order chi connectivity index (χ0) is 26.1. The predicted molar refractivity (Wildman–Crippen MR) is 149 cm³/mol. The van der Waals surface area contributed by atoms with Crippen LogP contribution in [0, 0.1) is 5.41 Å². The van der Waals surface area contributed by atoms with Crippen LogP contribution in [-0.4, -0.2) is 25.2 Å². The molecule has 0 saturated heterocycles. The first-order chi connectivity index (χ1) is 17.6. The van der Waals surface area contributed by atoms with Gasteiger partial charge in [0.2, 0.25) is 0 Å². The fourth-order valence-corrected chi connectivity index (χ4v) is 5.06. The Morgan fingerprint density at radius 2 is 1.17 bits per heavy atom. The van der Waals surface area contributed by atoms with E-state index in [9.17, 15) is 9.59 Å². The van der Waals surface area contributed by atoms with E-state index in [1.54, 1.807) is 13.8 Å². The zero-order valence-electron chi connectivity index (χ0n) is 23.0. The van der Waals surface area contributed by atoms with Crippen LogP contribution in [0.25, 0.3) is 10.8 Å². The summed E-state index contributed by atoms with van der Waals surface area (Å²) in [6, 6.07) is 14.8. The van der Waals surface area contributed by atoms with Gasteiger partial charge in [0.1, 0.15) is 0 Å². The monoisotopic (exact) mass is 496 g/mol. The van der Waals surface area contributed by atoms with Gasteiger partial charge in [0.15, 0.2) is 5.41 Å². The van der Waals surface area contributed by atoms with Crippen LogP contribution < -0.4 is 0 Å². The average molecular weight is 497 g/mol. The van der Waals surface area contributed by atoms with Crippen LogP contribution in [0.15, 0.2) is 42.5 Å². The Bertz CT molecular complexity index is 886. The van der Waals surface area contributed by atoms with Crippen molar-refractivity contribution in [2.24, 2.45) is 5.41 Å². The third-order valence-electron chi connectivity index (χ3n) is 7.17. The maximum atomic E-state index is 13.2. The molecule has 0 atom stereocenters. The van der Waals surface area contributed by atoms with Gasteiger partial charge >= 0.3 is 11.9 Å². The highest BCUT2D eigenvalue weighted by atomic mass is 16.6. The van der Waals surface area contributed by atoms with Gasteiger partial charge in [-0.05, 0) is 55.9 Å². The minimum atomic E-state index is -1.21. The number of carbonyl (C=O) groups is 2. The summed E-state index contributed by atoms with van der Waals surface area (Å²) >= 11 is 0. The number of carbonyl (C=O) groups excluding carboxylic acids is 2. The van der Waals surface area contributed by atoms with E-state index in [1.807, 2.05) is 12.1 Å². The molecule has 200 valence electrons. The first kappa shape index (κ1) is 29.9. The maximum absolute atomic E-state index is 13.2. The summed E-state index contributed by atoms with van der Waals surface area (Å²) in [7, 11) is 0. The van der Waals surface area contributed by atoms with Crippen molar-refractivity contribution in [2.75, 3.05) is 13.2 Å². The van der Waals surface area contributed by atoms with E-state index in [4.69, 9.17) is 9.47 Å². The summed E-state index contributed by atoms with van der Waals surface area (Å²) < 4.78 is 10.9. The predicted octanol–water partition coefficient (Wildman–Crippen LogP) is 8.59. The van der Waals surface area contributed by atoms with Gasteiger partial charge in [0, 0.05) is 0 Å². The van der Waals surface area contributed by atoms with Gasteiger partial charge in [-0.1, -0.05) is 114 Å². The minimum absolute atomic E-state index is 0.267. The topological polar surface area (TPSA) is 52.6 Å². The van der Waals surface area contributed by atoms with Gasteiger partial charge in [0.05, 0.1) is 13.2 Å². The molecule has 4 nitrogen and oxygen atoms in total. The van der Waals surface area contributed by atoms with Gasteiger partial charge in [-0.3, -0.25) is 9.59 Å². The maximum Gasteiger partial charge on any atom is 0.323 e. The van der Waals surface area contributed by atoms with Crippen molar-refractivity contribution in [1.82, 2.24) is 0 Å². The van der Waals surface area contributed by atoms with E-state index in [-0.39, 0.29) is 13.2 Å². The standard InChI is InChI=1S/C32H48O4/c1-4-7-8-9-10-11-12-13-14-17-24-32(30(33)35-5-2,31(34)36-6-3)25-18-19-27-22-23-28-20-15-16-21-29(28)26-27/h15-16,20-23,26H,4-14,17-19,24-25H2,1-3H3. The normalized spacial score (nSPS) is 11.5. The number of fused-ring (bicyclic) bond motifs is 1. The largest absolute Gasteiger partial charge is 0.465 e. The molecule has 0 aromatic heterocycles. The summed E-state index contributed by atoms with van der Waals surface area (Å²) in [4.78, 5) is 26.3. The lowest BCUT2D eigenvalue weighted by molar-refractivity contribution is -0.173. The van der Waals surface area contributed by atoms with E-state index < -0.39 is 17.4 Å². The fourth-order valence-electron chi connectivity index (χ4n) is 5.06. The van der Waals surface area contributed by atoms with E-state index >= 15 is 0 Å². The van der Waals surface area contributed by atoms with Crippen LogP contribution in [-0.2, 0) is 25.5 Å². The van der Waals surface area contributed by atoms with Crippen LogP contribution in [0.4, 0.5) is 0 Å². The molecule has 4 heteroatoms. The number of esters is 2. The molecule has 0 fully saturated rings.